The van der Waals surface area contributed by atoms with Crippen LogP contribution in [0.2, 0.25) is 0 Å². The van der Waals surface area contributed by atoms with Crippen LogP contribution < -0.4 is 5.73 Å². The third-order valence-electron chi connectivity index (χ3n) is 2.99. The van der Waals surface area contributed by atoms with E-state index in [1.54, 1.807) is 31.1 Å². The minimum absolute atomic E-state index is 0.0812. The van der Waals surface area contributed by atoms with E-state index in [1.165, 1.54) is 0 Å². The summed E-state index contributed by atoms with van der Waals surface area (Å²) in [5.74, 6) is -0.0812. The maximum Gasteiger partial charge on any atom is 0.255 e. The van der Waals surface area contributed by atoms with E-state index in [1.807, 2.05) is 24.3 Å². The fourth-order valence-electron chi connectivity index (χ4n) is 1.95. The van der Waals surface area contributed by atoms with Gasteiger partial charge in [-0.1, -0.05) is 28.1 Å². The van der Waals surface area contributed by atoms with Crippen molar-refractivity contribution >= 4 is 27.5 Å². The van der Waals surface area contributed by atoms with Gasteiger partial charge < -0.3 is 10.6 Å². The molecule has 2 rings (SSSR count). The summed E-state index contributed by atoms with van der Waals surface area (Å²) in [5, 5.41) is 0. The predicted octanol–water partition coefficient (Wildman–Crippen LogP) is 3.01. The summed E-state index contributed by atoms with van der Waals surface area (Å²) >= 11 is 3.43. The van der Waals surface area contributed by atoms with Gasteiger partial charge in [-0.05, 0) is 30.7 Å². The Morgan fingerprint density at radius 3 is 2.85 bits per heavy atom. The molecule has 1 heterocycles. The third kappa shape index (κ3) is 3.36. The summed E-state index contributed by atoms with van der Waals surface area (Å²) in [7, 11) is 1.77. The molecule has 1 amide bonds. The number of carbonyl (C=O) groups excluding carboxylic acids is 1. The number of benzene rings is 1. The SMILES string of the molecule is Cc1ncc(N)cc1C(=O)N(C)Cc1cccc(Br)c1. The Morgan fingerprint density at radius 2 is 2.15 bits per heavy atom. The number of nitrogens with zero attached hydrogens (tertiary/aromatic N) is 2. The van der Waals surface area contributed by atoms with Gasteiger partial charge in [0, 0.05) is 18.1 Å². The van der Waals surface area contributed by atoms with Crippen molar-refractivity contribution in [3.8, 4) is 0 Å². The van der Waals surface area contributed by atoms with E-state index in [4.69, 9.17) is 5.73 Å². The Hall–Kier alpha value is -1.88. The minimum Gasteiger partial charge on any atom is -0.397 e. The van der Waals surface area contributed by atoms with E-state index in [-0.39, 0.29) is 5.91 Å². The van der Waals surface area contributed by atoms with Crippen molar-refractivity contribution in [1.82, 2.24) is 9.88 Å². The maximum atomic E-state index is 12.4. The van der Waals surface area contributed by atoms with Gasteiger partial charge in [-0.3, -0.25) is 9.78 Å². The molecule has 0 aliphatic carbocycles. The number of carbonyl (C=O) groups is 1. The highest BCUT2D eigenvalue weighted by molar-refractivity contribution is 9.10. The molecular formula is C15H16BrN3O. The monoisotopic (exact) mass is 333 g/mol. The van der Waals surface area contributed by atoms with Crippen LogP contribution in [-0.2, 0) is 6.54 Å². The predicted molar refractivity (Wildman–Crippen MR) is 83.3 cm³/mol. The number of aromatic nitrogens is 1. The van der Waals surface area contributed by atoms with Crippen molar-refractivity contribution in [2.75, 3.05) is 12.8 Å². The molecular weight excluding hydrogens is 318 g/mol. The van der Waals surface area contributed by atoms with Crippen LogP contribution in [-0.4, -0.2) is 22.8 Å². The summed E-state index contributed by atoms with van der Waals surface area (Å²) in [5.41, 5.74) is 8.48. The molecule has 2 N–H and O–H groups in total. The van der Waals surface area contributed by atoms with E-state index in [0.29, 0.717) is 23.5 Å². The minimum atomic E-state index is -0.0812. The summed E-state index contributed by atoms with van der Waals surface area (Å²) in [6, 6.07) is 9.55. The molecule has 0 aliphatic heterocycles. The summed E-state index contributed by atoms with van der Waals surface area (Å²) in [6.07, 6.45) is 1.56. The molecule has 0 saturated heterocycles. The van der Waals surface area contributed by atoms with Crippen molar-refractivity contribution in [3.05, 3.63) is 57.8 Å². The lowest BCUT2D eigenvalue weighted by Gasteiger charge is -2.18. The molecule has 0 spiro atoms. The number of nitrogen functional groups attached to an aromatic ring is 1. The second-order valence-electron chi connectivity index (χ2n) is 4.69. The Labute approximate surface area is 126 Å². The Bertz CT molecular complexity index is 643. The number of hydrogen-bond donors (Lipinski definition) is 1. The van der Waals surface area contributed by atoms with Crippen molar-refractivity contribution in [2.45, 2.75) is 13.5 Å². The molecule has 20 heavy (non-hydrogen) atoms. The molecule has 104 valence electrons. The number of halogens is 1. The first-order valence-corrected chi connectivity index (χ1v) is 6.98. The number of pyridine rings is 1. The van der Waals surface area contributed by atoms with Crippen molar-refractivity contribution in [1.29, 1.82) is 0 Å². The second kappa shape index (κ2) is 6.05. The highest BCUT2D eigenvalue weighted by atomic mass is 79.9. The molecule has 5 heteroatoms. The number of amides is 1. The number of hydrogen-bond acceptors (Lipinski definition) is 3. The van der Waals surface area contributed by atoms with Crippen molar-refractivity contribution < 1.29 is 4.79 Å². The highest BCUT2D eigenvalue weighted by Crippen LogP contribution is 2.16. The molecule has 0 aliphatic rings. The standard InChI is InChI=1S/C15H16BrN3O/c1-10-14(7-13(17)8-18-10)15(20)19(2)9-11-4-3-5-12(16)6-11/h3-8H,9,17H2,1-2H3. The second-order valence-corrected chi connectivity index (χ2v) is 5.61. The largest absolute Gasteiger partial charge is 0.397 e. The Kier molecular flexibility index (Phi) is 4.39. The molecule has 0 unspecified atom stereocenters. The zero-order valence-corrected chi connectivity index (χ0v) is 13.0. The van der Waals surface area contributed by atoms with Crippen LogP contribution in [0.1, 0.15) is 21.6 Å². The van der Waals surface area contributed by atoms with Crippen LogP contribution in [0.3, 0.4) is 0 Å². The number of nitrogens with two attached hydrogens (primary N) is 1. The number of aryl methyl sites for hydroxylation is 1. The maximum absolute atomic E-state index is 12.4. The molecule has 0 saturated carbocycles. The highest BCUT2D eigenvalue weighted by Gasteiger charge is 2.15. The number of rotatable bonds is 3. The quantitative estimate of drug-likeness (QED) is 0.939. The van der Waals surface area contributed by atoms with E-state index >= 15 is 0 Å². The lowest BCUT2D eigenvalue weighted by Crippen LogP contribution is -2.27. The Morgan fingerprint density at radius 1 is 1.40 bits per heavy atom. The van der Waals surface area contributed by atoms with Crippen LogP contribution in [0.4, 0.5) is 5.69 Å². The topological polar surface area (TPSA) is 59.2 Å². The van der Waals surface area contributed by atoms with Gasteiger partial charge in [0.15, 0.2) is 0 Å². The first-order valence-electron chi connectivity index (χ1n) is 6.19. The fourth-order valence-corrected chi connectivity index (χ4v) is 2.40. The average molecular weight is 334 g/mol. The average Bonchev–Trinajstić information content (AvgIpc) is 2.40. The Balaban J connectivity index is 2.18. The first-order chi connectivity index (χ1) is 9.47. The van der Waals surface area contributed by atoms with Gasteiger partial charge in [-0.2, -0.15) is 0 Å². The van der Waals surface area contributed by atoms with Gasteiger partial charge in [-0.25, -0.2) is 0 Å². The molecule has 1 aromatic heterocycles. The molecule has 0 atom stereocenters. The molecule has 1 aromatic carbocycles. The van der Waals surface area contributed by atoms with Gasteiger partial charge in [0.2, 0.25) is 0 Å². The van der Waals surface area contributed by atoms with Gasteiger partial charge in [0.05, 0.1) is 23.1 Å². The smallest absolute Gasteiger partial charge is 0.255 e. The van der Waals surface area contributed by atoms with E-state index < -0.39 is 0 Å². The van der Waals surface area contributed by atoms with Gasteiger partial charge in [0.1, 0.15) is 0 Å². The zero-order valence-electron chi connectivity index (χ0n) is 11.4. The lowest BCUT2D eigenvalue weighted by molar-refractivity contribution is 0.0784. The van der Waals surface area contributed by atoms with Gasteiger partial charge in [0.25, 0.3) is 5.91 Å². The fraction of sp³-hybridized carbons (Fsp3) is 0.200. The molecule has 0 radical (unpaired) electrons. The zero-order chi connectivity index (χ0) is 14.7. The van der Waals surface area contributed by atoms with Gasteiger partial charge >= 0.3 is 0 Å². The van der Waals surface area contributed by atoms with Crippen LogP contribution in [0.25, 0.3) is 0 Å². The molecule has 2 aromatic rings. The van der Waals surface area contributed by atoms with Crippen LogP contribution >= 0.6 is 15.9 Å². The first kappa shape index (κ1) is 14.5. The van der Waals surface area contributed by atoms with Crippen LogP contribution in [0.5, 0.6) is 0 Å². The molecule has 0 fully saturated rings. The van der Waals surface area contributed by atoms with Crippen LogP contribution in [0.15, 0.2) is 41.0 Å². The summed E-state index contributed by atoms with van der Waals surface area (Å²) in [6.45, 7) is 2.34. The van der Waals surface area contributed by atoms with Gasteiger partial charge in [-0.15, -0.1) is 0 Å². The normalized spacial score (nSPS) is 10.3. The van der Waals surface area contributed by atoms with E-state index in [2.05, 4.69) is 20.9 Å². The van der Waals surface area contributed by atoms with E-state index in [9.17, 15) is 4.79 Å². The van der Waals surface area contributed by atoms with E-state index in [0.717, 1.165) is 10.0 Å². The third-order valence-corrected chi connectivity index (χ3v) is 3.49. The lowest BCUT2D eigenvalue weighted by atomic mass is 10.1. The summed E-state index contributed by atoms with van der Waals surface area (Å²) < 4.78 is 0.998. The molecule has 0 bridgehead atoms. The number of anilines is 1. The van der Waals surface area contributed by atoms with Crippen molar-refractivity contribution in [3.63, 3.8) is 0 Å². The molecule has 4 nitrogen and oxygen atoms in total. The van der Waals surface area contributed by atoms with Crippen molar-refractivity contribution in [2.24, 2.45) is 0 Å². The van der Waals surface area contributed by atoms with Crippen LogP contribution in [0, 0.1) is 6.92 Å². The summed E-state index contributed by atoms with van der Waals surface area (Å²) in [4.78, 5) is 18.2.